The lowest BCUT2D eigenvalue weighted by Gasteiger charge is -2.34. The lowest BCUT2D eigenvalue weighted by Crippen LogP contribution is -2.28. The van der Waals surface area contributed by atoms with Crippen LogP contribution in [0.1, 0.15) is 22.3 Å². The first-order valence-electron chi connectivity index (χ1n) is 21.7. The van der Waals surface area contributed by atoms with Gasteiger partial charge in [-0.25, -0.2) is 9.97 Å². The maximum Gasteiger partial charge on any atom is 0.160 e. The first-order valence-corrected chi connectivity index (χ1v) is 21.7. The Balaban J connectivity index is 1.09. The number of rotatable bonds is 7. The van der Waals surface area contributed by atoms with E-state index < -0.39 is 5.41 Å². The molecule has 0 unspecified atom stereocenters. The van der Waals surface area contributed by atoms with Crippen molar-refractivity contribution < 1.29 is 0 Å². The summed E-state index contributed by atoms with van der Waals surface area (Å²) >= 11 is 0. The summed E-state index contributed by atoms with van der Waals surface area (Å²) in [4.78, 5) is 10.5. The number of nitrogens with zero attached hydrogens (tertiary/aromatic N) is 2. The highest BCUT2D eigenvalue weighted by Gasteiger charge is 2.47. The molecule has 0 radical (unpaired) electrons. The zero-order chi connectivity index (χ0) is 41.7. The third-order valence-electron chi connectivity index (χ3n) is 13.0. The van der Waals surface area contributed by atoms with Crippen molar-refractivity contribution in [3.63, 3.8) is 0 Å². The van der Waals surface area contributed by atoms with Crippen molar-refractivity contribution in [3.05, 3.63) is 265 Å². The van der Waals surface area contributed by atoms with Crippen molar-refractivity contribution in [1.29, 1.82) is 0 Å². The molecule has 10 aromatic carbocycles. The second-order valence-corrected chi connectivity index (χ2v) is 16.4. The molecule has 1 aliphatic carbocycles. The fraction of sp³-hybridized carbons (Fsp3) is 0.0164. The number of benzene rings is 10. The zero-order valence-electron chi connectivity index (χ0n) is 34.5. The third-order valence-corrected chi connectivity index (χ3v) is 13.0. The Hall–Kier alpha value is -8.20. The Morgan fingerprint density at radius 2 is 0.794 bits per heavy atom. The van der Waals surface area contributed by atoms with Gasteiger partial charge in [0, 0.05) is 16.7 Å². The minimum atomic E-state index is -0.520. The molecule has 1 aliphatic rings. The lowest BCUT2D eigenvalue weighted by molar-refractivity contribution is 0.769. The van der Waals surface area contributed by atoms with Gasteiger partial charge in [0.25, 0.3) is 0 Å². The normalized spacial score (nSPS) is 12.6. The monoisotopic (exact) mass is 800 g/mol. The number of fused-ring (bicyclic) bond motifs is 6. The second-order valence-electron chi connectivity index (χ2n) is 16.4. The zero-order valence-corrected chi connectivity index (χ0v) is 34.5. The van der Waals surface area contributed by atoms with Gasteiger partial charge in [0.15, 0.2) is 5.82 Å². The highest BCUT2D eigenvalue weighted by Crippen LogP contribution is 2.60. The van der Waals surface area contributed by atoms with E-state index in [0.29, 0.717) is 5.82 Å². The van der Waals surface area contributed by atoms with Gasteiger partial charge in [-0.1, -0.05) is 237 Å². The largest absolute Gasteiger partial charge is 0.228 e. The van der Waals surface area contributed by atoms with Gasteiger partial charge in [-0.3, -0.25) is 0 Å². The summed E-state index contributed by atoms with van der Waals surface area (Å²) in [5.74, 6) is 0.700. The molecule has 0 N–H and O–H groups in total. The first-order chi connectivity index (χ1) is 31.3. The average Bonchev–Trinajstić information content (AvgIpc) is 3.69. The molecule has 12 rings (SSSR count). The van der Waals surface area contributed by atoms with Crippen molar-refractivity contribution in [1.82, 2.24) is 9.97 Å². The van der Waals surface area contributed by atoms with Crippen LogP contribution in [0.3, 0.4) is 0 Å². The van der Waals surface area contributed by atoms with Gasteiger partial charge in [-0.05, 0) is 83.2 Å². The van der Waals surface area contributed by atoms with Gasteiger partial charge >= 0.3 is 0 Å². The van der Waals surface area contributed by atoms with Crippen molar-refractivity contribution in [2.75, 3.05) is 0 Å². The van der Waals surface area contributed by atoms with E-state index >= 15 is 0 Å². The van der Waals surface area contributed by atoms with Gasteiger partial charge in [-0.15, -0.1) is 0 Å². The number of aromatic nitrogens is 2. The third kappa shape index (κ3) is 5.95. The Morgan fingerprint density at radius 3 is 1.48 bits per heavy atom. The summed E-state index contributed by atoms with van der Waals surface area (Å²) in [6.07, 6.45) is 0. The summed E-state index contributed by atoms with van der Waals surface area (Å²) in [6, 6.07) is 87.8. The second kappa shape index (κ2) is 15.1. The summed E-state index contributed by atoms with van der Waals surface area (Å²) in [5, 5.41) is 4.81. The minimum Gasteiger partial charge on any atom is -0.228 e. The Morgan fingerprint density at radius 1 is 0.286 bits per heavy atom. The Labute approximate surface area is 367 Å². The van der Waals surface area contributed by atoms with E-state index in [2.05, 4.69) is 224 Å². The standard InChI is InChI=1S/C61H40N2/c1-5-18-41(19-6-1)42-32-34-44(35-33-42)56-40-57(63-60(62-56)45-21-7-2-8-22-45)52-38-37-51(49-28-15-16-29-50(49)52)53-30-17-31-54-59(53)58-48-27-14-13-20-43(48)36-39-55(58)61(54,46-23-9-3-10-24-46)47-25-11-4-12-26-47/h1-40H. The summed E-state index contributed by atoms with van der Waals surface area (Å²) < 4.78 is 0. The molecule has 1 heterocycles. The molecule has 0 atom stereocenters. The van der Waals surface area contributed by atoms with Crippen LogP contribution < -0.4 is 0 Å². The van der Waals surface area contributed by atoms with E-state index in [1.807, 2.05) is 18.2 Å². The van der Waals surface area contributed by atoms with E-state index in [1.54, 1.807) is 0 Å². The molecular formula is C61H40N2. The fourth-order valence-electron chi connectivity index (χ4n) is 10.2. The molecule has 0 aliphatic heterocycles. The van der Waals surface area contributed by atoms with Crippen LogP contribution in [-0.4, -0.2) is 9.97 Å². The van der Waals surface area contributed by atoms with Gasteiger partial charge in [-0.2, -0.15) is 0 Å². The molecule has 0 saturated carbocycles. The lowest BCUT2D eigenvalue weighted by atomic mass is 9.67. The minimum absolute atomic E-state index is 0.520. The van der Waals surface area contributed by atoms with Crippen LogP contribution >= 0.6 is 0 Å². The molecular weight excluding hydrogens is 761 g/mol. The first kappa shape index (κ1) is 36.6. The predicted molar refractivity (Wildman–Crippen MR) is 262 cm³/mol. The van der Waals surface area contributed by atoms with Crippen LogP contribution in [0.5, 0.6) is 0 Å². The molecule has 0 bridgehead atoms. The molecule has 0 spiro atoms. The maximum atomic E-state index is 5.31. The quantitative estimate of drug-likeness (QED) is 0.160. The van der Waals surface area contributed by atoms with Crippen molar-refractivity contribution in [3.8, 4) is 67.3 Å². The molecule has 63 heavy (non-hydrogen) atoms. The molecule has 0 saturated heterocycles. The molecule has 294 valence electrons. The van der Waals surface area contributed by atoms with Crippen LogP contribution in [0, 0.1) is 0 Å². The molecule has 2 nitrogen and oxygen atoms in total. The molecule has 11 aromatic rings. The van der Waals surface area contributed by atoms with E-state index in [0.717, 1.165) is 33.5 Å². The van der Waals surface area contributed by atoms with Gasteiger partial charge in [0.2, 0.25) is 0 Å². The highest BCUT2D eigenvalue weighted by molar-refractivity contribution is 6.12. The highest BCUT2D eigenvalue weighted by atomic mass is 14.9. The van der Waals surface area contributed by atoms with E-state index in [9.17, 15) is 0 Å². The maximum absolute atomic E-state index is 5.31. The fourth-order valence-corrected chi connectivity index (χ4v) is 10.2. The molecule has 1 aromatic heterocycles. The van der Waals surface area contributed by atoms with Crippen LogP contribution in [0.4, 0.5) is 0 Å². The molecule has 0 fully saturated rings. The molecule has 2 heteroatoms. The van der Waals surface area contributed by atoms with Crippen LogP contribution in [0.2, 0.25) is 0 Å². The van der Waals surface area contributed by atoms with Crippen LogP contribution in [0.15, 0.2) is 243 Å². The van der Waals surface area contributed by atoms with Crippen LogP contribution in [0.25, 0.3) is 88.8 Å². The smallest absolute Gasteiger partial charge is 0.160 e. The summed E-state index contributed by atoms with van der Waals surface area (Å²) in [6.45, 7) is 0. The van der Waals surface area contributed by atoms with Crippen molar-refractivity contribution in [2.24, 2.45) is 0 Å². The Bertz CT molecular complexity index is 3430. The summed E-state index contributed by atoms with van der Waals surface area (Å²) in [7, 11) is 0. The van der Waals surface area contributed by atoms with E-state index in [4.69, 9.17) is 9.97 Å². The van der Waals surface area contributed by atoms with Gasteiger partial charge < -0.3 is 0 Å². The molecule has 0 amide bonds. The van der Waals surface area contributed by atoms with Gasteiger partial charge in [0.05, 0.1) is 16.8 Å². The van der Waals surface area contributed by atoms with E-state index in [-0.39, 0.29) is 0 Å². The average molecular weight is 801 g/mol. The number of hydrogen-bond acceptors (Lipinski definition) is 2. The van der Waals surface area contributed by atoms with Crippen molar-refractivity contribution in [2.45, 2.75) is 5.41 Å². The summed E-state index contributed by atoms with van der Waals surface area (Å²) in [5.41, 5.74) is 16.8. The van der Waals surface area contributed by atoms with Crippen LogP contribution in [-0.2, 0) is 5.41 Å². The SMILES string of the molecule is c1ccc(-c2ccc(-c3cc(-c4ccc(-c5cccc6c5-c5c(ccc7ccccc57)C6(c5ccccc5)c5ccccc5)c5ccccc45)nc(-c4ccccc4)n3)cc2)cc1. The van der Waals surface area contributed by atoms with E-state index in [1.165, 1.54) is 71.8 Å². The Kier molecular flexibility index (Phi) is 8.76. The number of hydrogen-bond donors (Lipinski definition) is 0. The topological polar surface area (TPSA) is 25.8 Å². The van der Waals surface area contributed by atoms with Crippen molar-refractivity contribution >= 4 is 21.5 Å². The predicted octanol–water partition coefficient (Wildman–Crippen LogP) is 15.5. The van der Waals surface area contributed by atoms with Gasteiger partial charge in [0.1, 0.15) is 0 Å².